The first kappa shape index (κ1) is 11.7. The van der Waals surface area contributed by atoms with Crippen LogP contribution >= 0.6 is 0 Å². The van der Waals surface area contributed by atoms with Gasteiger partial charge in [-0.25, -0.2) is 0 Å². The Hall–Kier alpha value is -0.370. The normalized spacial score (nSPS) is 16.2. The van der Waals surface area contributed by atoms with Gasteiger partial charge in [-0.05, 0) is 32.2 Å². The number of unbranched alkanes of at least 4 members (excludes halogenated alkanes) is 1. The minimum Gasteiger partial charge on any atom is -0.298 e. The van der Waals surface area contributed by atoms with Crippen LogP contribution in [-0.2, 0) is 4.79 Å². The summed E-state index contributed by atoms with van der Waals surface area (Å²) in [5.41, 5.74) is 0. The first-order valence-electron chi connectivity index (χ1n) is 6.03. The Morgan fingerprint density at radius 3 is 2.50 bits per heavy atom. The van der Waals surface area contributed by atoms with Crippen LogP contribution in [0.4, 0.5) is 0 Å². The van der Waals surface area contributed by atoms with Gasteiger partial charge in [0.2, 0.25) is 0 Å². The van der Waals surface area contributed by atoms with Gasteiger partial charge >= 0.3 is 0 Å². The zero-order valence-electron chi connectivity index (χ0n) is 9.59. The average Bonchev–Trinajstić information content (AvgIpc) is 2.95. The maximum atomic E-state index is 11.5. The van der Waals surface area contributed by atoms with Gasteiger partial charge in [0.25, 0.3) is 0 Å². The van der Waals surface area contributed by atoms with Gasteiger partial charge in [-0.2, -0.15) is 0 Å². The van der Waals surface area contributed by atoms with E-state index in [1.807, 2.05) is 0 Å². The smallest absolute Gasteiger partial charge is 0.146 e. The van der Waals surface area contributed by atoms with Gasteiger partial charge < -0.3 is 0 Å². The van der Waals surface area contributed by atoms with Crippen LogP contribution in [0.5, 0.6) is 0 Å². The number of Topliss-reactive ketones (excluding diaryl/α,β-unsaturated/α-hetero) is 1. The van der Waals surface area contributed by atoms with Crippen molar-refractivity contribution in [3.05, 3.63) is 0 Å². The summed E-state index contributed by atoms with van der Waals surface area (Å²) in [4.78, 5) is 13.9. The highest BCUT2D eigenvalue weighted by Gasteiger charge is 2.29. The Balaban J connectivity index is 2.23. The molecule has 14 heavy (non-hydrogen) atoms. The third-order valence-electron chi connectivity index (χ3n) is 2.77. The van der Waals surface area contributed by atoms with Crippen molar-refractivity contribution in [3.63, 3.8) is 0 Å². The van der Waals surface area contributed by atoms with E-state index >= 15 is 0 Å². The minimum atomic E-state index is 0.426. The van der Waals surface area contributed by atoms with Gasteiger partial charge in [0.05, 0.1) is 6.54 Å². The number of hydrogen-bond donors (Lipinski definition) is 0. The lowest BCUT2D eigenvalue weighted by Crippen LogP contribution is -2.32. The Kier molecular flexibility index (Phi) is 5.16. The van der Waals surface area contributed by atoms with Gasteiger partial charge in [-0.15, -0.1) is 0 Å². The van der Waals surface area contributed by atoms with Crippen LogP contribution in [0.2, 0.25) is 0 Å². The molecule has 0 aromatic heterocycles. The van der Waals surface area contributed by atoms with Crippen molar-refractivity contribution in [1.82, 2.24) is 4.90 Å². The molecule has 0 saturated heterocycles. The number of nitrogens with zero attached hydrogens (tertiary/aromatic N) is 1. The molecule has 0 unspecified atom stereocenters. The van der Waals surface area contributed by atoms with Gasteiger partial charge in [-0.1, -0.05) is 20.3 Å². The van der Waals surface area contributed by atoms with Crippen LogP contribution < -0.4 is 0 Å². The summed E-state index contributed by atoms with van der Waals surface area (Å²) in [5, 5.41) is 0. The third-order valence-corrected chi connectivity index (χ3v) is 2.77. The molecule has 0 bridgehead atoms. The van der Waals surface area contributed by atoms with E-state index in [0.717, 1.165) is 25.4 Å². The van der Waals surface area contributed by atoms with Crippen molar-refractivity contribution in [3.8, 4) is 0 Å². The summed E-state index contributed by atoms with van der Waals surface area (Å²) >= 11 is 0. The van der Waals surface area contributed by atoms with E-state index in [1.165, 1.54) is 25.7 Å². The van der Waals surface area contributed by atoms with Crippen molar-refractivity contribution in [1.29, 1.82) is 0 Å². The molecule has 0 aromatic carbocycles. The van der Waals surface area contributed by atoms with Gasteiger partial charge in [0, 0.05) is 12.5 Å². The number of rotatable bonds is 8. The molecule has 1 rings (SSSR count). The highest BCUT2D eigenvalue weighted by Crippen LogP contribution is 2.26. The fourth-order valence-corrected chi connectivity index (χ4v) is 1.78. The van der Waals surface area contributed by atoms with E-state index in [1.54, 1.807) is 0 Å². The second-order valence-electron chi connectivity index (χ2n) is 4.34. The number of ketones is 1. The maximum absolute atomic E-state index is 11.5. The minimum absolute atomic E-state index is 0.426. The molecular weight excluding hydrogens is 174 g/mol. The van der Waals surface area contributed by atoms with E-state index in [0.29, 0.717) is 12.3 Å². The Morgan fingerprint density at radius 1 is 1.29 bits per heavy atom. The quantitative estimate of drug-likeness (QED) is 0.596. The van der Waals surface area contributed by atoms with Crippen LogP contribution in [0.15, 0.2) is 0 Å². The van der Waals surface area contributed by atoms with E-state index < -0.39 is 0 Å². The Labute approximate surface area is 87.7 Å². The molecule has 1 fully saturated rings. The predicted molar refractivity (Wildman–Crippen MR) is 59.4 cm³/mol. The van der Waals surface area contributed by atoms with Gasteiger partial charge in [0.1, 0.15) is 5.78 Å². The number of carbonyl (C=O) groups is 1. The predicted octanol–water partition coefficient (Wildman–Crippen LogP) is 2.62. The molecule has 1 aliphatic carbocycles. The van der Waals surface area contributed by atoms with Crippen LogP contribution in [0.3, 0.4) is 0 Å². The summed E-state index contributed by atoms with van der Waals surface area (Å²) in [7, 11) is 0. The highest BCUT2D eigenvalue weighted by atomic mass is 16.1. The van der Waals surface area contributed by atoms with E-state index in [9.17, 15) is 4.79 Å². The maximum Gasteiger partial charge on any atom is 0.146 e. The molecule has 1 saturated carbocycles. The molecule has 1 aliphatic rings. The average molecular weight is 197 g/mol. The molecule has 0 atom stereocenters. The second-order valence-corrected chi connectivity index (χ2v) is 4.34. The monoisotopic (exact) mass is 197 g/mol. The third kappa shape index (κ3) is 4.23. The molecule has 0 aromatic rings. The lowest BCUT2D eigenvalue weighted by molar-refractivity contribution is -0.120. The first-order valence-corrected chi connectivity index (χ1v) is 6.03. The second kappa shape index (κ2) is 6.18. The zero-order valence-corrected chi connectivity index (χ0v) is 9.59. The molecule has 0 radical (unpaired) electrons. The summed E-state index contributed by atoms with van der Waals surface area (Å²) in [5.74, 6) is 0.426. The molecule has 82 valence electrons. The van der Waals surface area contributed by atoms with Crippen molar-refractivity contribution in [2.75, 3.05) is 13.1 Å². The van der Waals surface area contributed by atoms with Crippen LogP contribution in [0.25, 0.3) is 0 Å². The Bertz CT molecular complexity index is 175. The van der Waals surface area contributed by atoms with Gasteiger partial charge in [-0.3, -0.25) is 9.69 Å². The lowest BCUT2D eigenvalue weighted by atomic mass is 10.2. The van der Waals surface area contributed by atoms with Crippen LogP contribution in [-0.4, -0.2) is 29.8 Å². The molecule has 0 spiro atoms. The molecule has 0 aliphatic heterocycles. The van der Waals surface area contributed by atoms with Gasteiger partial charge in [0.15, 0.2) is 0 Å². The highest BCUT2D eigenvalue weighted by molar-refractivity contribution is 5.80. The SMILES string of the molecule is CCCCN(CC(=O)CCC)C1CC1. The summed E-state index contributed by atoms with van der Waals surface area (Å²) in [6.07, 6.45) is 6.83. The van der Waals surface area contributed by atoms with Crippen molar-refractivity contribution < 1.29 is 4.79 Å². The molecule has 2 heteroatoms. The molecule has 2 nitrogen and oxygen atoms in total. The molecule has 0 amide bonds. The van der Waals surface area contributed by atoms with Crippen molar-refractivity contribution in [2.24, 2.45) is 0 Å². The van der Waals surface area contributed by atoms with Crippen molar-refractivity contribution in [2.45, 2.75) is 58.4 Å². The summed E-state index contributed by atoms with van der Waals surface area (Å²) in [6.45, 7) is 6.11. The summed E-state index contributed by atoms with van der Waals surface area (Å²) in [6, 6.07) is 0.738. The van der Waals surface area contributed by atoms with E-state index in [-0.39, 0.29) is 0 Å². The molecule has 0 heterocycles. The molecule has 0 N–H and O–H groups in total. The lowest BCUT2D eigenvalue weighted by Gasteiger charge is -2.20. The summed E-state index contributed by atoms with van der Waals surface area (Å²) < 4.78 is 0. The Morgan fingerprint density at radius 2 is 2.00 bits per heavy atom. The first-order chi connectivity index (χ1) is 6.77. The largest absolute Gasteiger partial charge is 0.298 e. The number of carbonyl (C=O) groups excluding carboxylic acids is 1. The van der Waals surface area contributed by atoms with E-state index in [2.05, 4.69) is 18.7 Å². The topological polar surface area (TPSA) is 20.3 Å². The van der Waals surface area contributed by atoms with Crippen molar-refractivity contribution >= 4 is 5.78 Å². The number of hydrogen-bond acceptors (Lipinski definition) is 2. The fourth-order valence-electron chi connectivity index (χ4n) is 1.78. The van der Waals surface area contributed by atoms with Crippen LogP contribution in [0.1, 0.15) is 52.4 Å². The zero-order chi connectivity index (χ0) is 10.4. The fraction of sp³-hybridized carbons (Fsp3) is 0.917. The van der Waals surface area contributed by atoms with Crippen LogP contribution in [0, 0.1) is 0 Å². The molecular formula is C12H23NO. The standard InChI is InChI=1S/C12H23NO/c1-3-5-9-13(11-7-8-11)10-12(14)6-4-2/h11H,3-10H2,1-2H3. The van der Waals surface area contributed by atoms with E-state index in [4.69, 9.17) is 0 Å².